The number of aliphatic hydroxyl groups is 1. The normalized spacial score (nSPS) is 12.5. The summed E-state index contributed by atoms with van der Waals surface area (Å²) in [7, 11) is 1.35. The van der Waals surface area contributed by atoms with Gasteiger partial charge in [0.25, 0.3) is 0 Å². The standard InChI is InChI=1S/C10H14FNO3/c1-15-10-4-6(8(13)2-3-12)7(11)5-9(10)14/h4-5,8,13-14H,2-3,12H2,1H3. The summed E-state index contributed by atoms with van der Waals surface area (Å²) in [6.45, 7) is 0.254. The summed E-state index contributed by atoms with van der Waals surface area (Å²) in [5, 5.41) is 18.8. The molecule has 0 spiro atoms. The molecule has 1 aromatic carbocycles. The van der Waals surface area contributed by atoms with Crippen molar-refractivity contribution >= 4 is 0 Å². The summed E-state index contributed by atoms with van der Waals surface area (Å²) in [6, 6.07) is 2.18. The molecule has 0 aliphatic carbocycles. The lowest BCUT2D eigenvalue weighted by Crippen LogP contribution is -2.08. The first-order valence-corrected chi connectivity index (χ1v) is 4.54. The molecule has 0 saturated heterocycles. The molecular weight excluding hydrogens is 201 g/mol. The molecule has 4 nitrogen and oxygen atoms in total. The average Bonchev–Trinajstić information content (AvgIpc) is 2.18. The molecule has 1 atom stereocenters. The highest BCUT2D eigenvalue weighted by atomic mass is 19.1. The summed E-state index contributed by atoms with van der Waals surface area (Å²) in [5.74, 6) is -0.838. The van der Waals surface area contributed by atoms with Crippen LogP contribution in [-0.2, 0) is 0 Å². The summed E-state index contributed by atoms with van der Waals surface area (Å²) in [5.41, 5.74) is 5.33. The molecule has 4 N–H and O–H groups in total. The molecule has 1 unspecified atom stereocenters. The van der Waals surface area contributed by atoms with Crippen LogP contribution in [0.25, 0.3) is 0 Å². The Hall–Kier alpha value is -1.33. The second kappa shape index (κ2) is 4.95. The van der Waals surface area contributed by atoms with E-state index in [1.165, 1.54) is 13.2 Å². The van der Waals surface area contributed by atoms with Gasteiger partial charge in [0, 0.05) is 11.6 Å². The Labute approximate surface area is 87.1 Å². The first kappa shape index (κ1) is 11.7. The number of aromatic hydroxyl groups is 1. The predicted octanol–water partition coefficient (Wildman–Crippen LogP) is 0.922. The fraction of sp³-hybridized carbons (Fsp3) is 0.400. The van der Waals surface area contributed by atoms with Crippen LogP contribution >= 0.6 is 0 Å². The largest absolute Gasteiger partial charge is 0.504 e. The fourth-order valence-electron chi connectivity index (χ4n) is 1.29. The van der Waals surface area contributed by atoms with Crippen LogP contribution in [0.3, 0.4) is 0 Å². The molecule has 0 heterocycles. The second-order valence-corrected chi connectivity index (χ2v) is 3.14. The predicted molar refractivity (Wildman–Crippen MR) is 53.2 cm³/mol. The van der Waals surface area contributed by atoms with Crippen molar-refractivity contribution in [3.8, 4) is 11.5 Å². The highest BCUT2D eigenvalue weighted by Gasteiger charge is 2.15. The van der Waals surface area contributed by atoms with Crippen LogP contribution in [0.1, 0.15) is 18.1 Å². The van der Waals surface area contributed by atoms with Crippen molar-refractivity contribution < 1.29 is 19.3 Å². The van der Waals surface area contributed by atoms with Crippen LogP contribution in [0.15, 0.2) is 12.1 Å². The van der Waals surface area contributed by atoms with Gasteiger partial charge in [-0.2, -0.15) is 0 Å². The molecule has 0 aliphatic heterocycles. The molecule has 0 amide bonds. The lowest BCUT2D eigenvalue weighted by molar-refractivity contribution is 0.165. The zero-order chi connectivity index (χ0) is 11.4. The van der Waals surface area contributed by atoms with Gasteiger partial charge in [0.2, 0.25) is 0 Å². The van der Waals surface area contributed by atoms with Crippen molar-refractivity contribution in [1.82, 2.24) is 0 Å². The van der Waals surface area contributed by atoms with Gasteiger partial charge in [-0.25, -0.2) is 4.39 Å². The highest BCUT2D eigenvalue weighted by Crippen LogP contribution is 2.32. The highest BCUT2D eigenvalue weighted by molar-refractivity contribution is 5.43. The Balaban J connectivity index is 3.06. The third kappa shape index (κ3) is 2.57. The summed E-state index contributed by atoms with van der Waals surface area (Å²) >= 11 is 0. The summed E-state index contributed by atoms with van der Waals surface area (Å²) < 4.78 is 18.1. The molecule has 1 rings (SSSR count). The number of hydrogen-bond acceptors (Lipinski definition) is 4. The minimum Gasteiger partial charge on any atom is -0.504 e. The van der Waals surface area contributed by atoms with E-state index in [0.717, 1.165) is 6.07 Å². The Bertz CT molecular complexity index is 344. The van der Waals surface area contributed by atoms with Crippen LogP contribution in [-0.4, -0.2) is 23.9 Å². The van der Waals surface area contributed by atoms with Gasteiger partial charge in [-0.05, 0) is 19.0 Å². The maximum Gasteiger partial charge on any atom is 0.161 e. The summed E-state index contributed by atoms with van der Waals surface area (Å²) in [6.07, 6.45) is -0.727. The van der Waals surface area contributed by atoms with Crippen LogP contribution < -0.4 is 10.5 Å². The molecule has 0 radical (unpaired) electrons. The molecule has 0 saturated carbocycles. The topological polar surface area (TPSA) is 75.7 Å². The smallest absolute Gasteiger partial charge is 0.161 e. The van der Waals surface area contributed by atoms with Gasteiger partial charge >= 0.3 is 0 Å². The molecule has 84 valence electrons. The maximum atomic E-state index is 13.3. The van der Waals surface area contributed by atoms with Gasteiger partial charge in [0.05, 0.1) is 13.2 Å². The quantitative estimate of drug-likeness (QED) is 0.698. The minimum atomic E-state index is -0.982. The van der Waals surface area contributed by atoms with E-state index in [4.69, 9.17) is 10.5 Å². The zero-order valence-corrected chi connectivity index (χ0v) is 8.40. The van der Waals surface area contributed by atoms with E-state index in [0.29, 0.717) is 0 Å². The Morgan fingerprint density at radius 1 is 1.53 bits per heavy atom. The first-order chi connectivity index (χ1) is 7.10. The van der Waals surface area contributed by atoms with Crippen LogP contribution in [0.5, 0.6) is 11.5 Å². The van der Waals surface area contributed by atoms with Crippen molar-refractivity contribution in [2.24, 2.45) is 5.73 Å². The summed E-state index contributed by atoms with van der Waals surface area (Å²) in [4.78, 5) is 0. The first-order valence-electron chi connectivity index (χ1n) is 4.54. The minimum absolute atomic E-state index is 0.0788. The molecule has 0 fully saturated rings. The monoisotopic (exact) mass is 215 g/mol. The van der Waals surface area contributed by atoms with E-state index >= 15 is 0 Å². The molecular formula is C10H14FNO3. The van der Waals surface area contributed by atoms with Crippen LogP contribution in [0.2, 0.25) is 0 Å². The van der Waals surface area contributed by atoms with E-state index in [1.807, 2.05) is 0 Å². The van der Waals surface area contributed by atoms with Gasteiger partial charge in [0.15, 0.2) is 11.5 Å². The maximum absolute atomic E-state index is 13.3. The van der Waals surface area contributed by atoms with Gasteiger partial charge in [0.1, 0.15) is 5.82 Å². The molecule has 0 aliphatic rings. The molecule has 5 heteroatoms. The van der Waals surface area contributed by atoms with Crippen molar-refractivity contribution in [2.45, 2.75) is 12.5 Å². The number of halogens is 1. The Morgan fingerprint density at radius 3 is 2.73 bits per heavy atom. The van der Waals surface area contributed by atoms with E-state index < -0.39 is 11.9 Å². The SMILES string of the molecule is COc1cc(C(O)CCN)c(F)cc1O. The Morgan fingerprint density at radius 2 is 2.20 bits per heavy atom. The van der Waals surface area contributed by atoms with Crippen molar-refractivity contribution in [2.75, 3.05) is 13.7 Å². The third-order valence-corrected chi connectivity index (χ3v) is 2.10. The number of phenols is 1. The number of ether oxygens (including phenoxy) is 1. The Kier molecular flexibility index (Phi) is 3.88. The van der Waals surface area contributed by atoms with Crippen molar-refractivity contribution in [3.63, 3.8) is 0 Å². The molecule has 1 aromatic rings. The van der Waals surface area contributed by atoms with Crippen molar-refractivity contribution in [3.05, 3.63) is 23.5 Å². The van der Waals surface area contributed by atoms with Crippen molar-refractivity contribution in [1.29, 1.82) is 0 Å². The van der Waals surface area contributed by atoms with E-state index in [-0.39, 0.29) is 30.0 Å². The average molecular weight is 215 g/mol. The number of methoxy groups -OCH3 is 1. The fourth-order valence-corrected chi connectivity index (χ4v) is 1.29. The number of rotatable bonds is 4. The lowest BCUT2D eigenvalue weighted by Gasteiger charge is -2.13. The van der Waals surface area contributed by atoms with E-state index in [9.17, 15) is 14.6 Å². The van der Waals surface area contributed by atoms with Gasteiger partial charge in [-0.1, -0.05) is 0 Å². The van der Waals surface area contributed by atoms with E-state index in [1.54, 1.807) is 0 Å². The number of aliphatic hydroxyl groups excluding tert-OH is 1. The van der Waals surface area contributed by atoms with Crippen LogP contribution in [0, 0.1) is 5.82 Å². The van der Waals surface area contributed by atoms with Crippen LogP contribution in [0.4, 0.5) is 4.39 Å². The zero-order valence-electron chi connectivity index (χ0n) is 8.40. The number of phenolic OH excluding ortho intramolecular Hbond substituents is 1. The van der Waals surface area contributed by atoms with Gasteiger partial charge in [-0.3, -0.25) is 0 Å². The molecule has 0 bridgehead atoms. The van der Waals surface area contributed by atoms with E-state index in [2.05, 4.69) is 0 Å². The van der Waals surface area contributed by atoms with Gasteiger partial charge in [-0.15, -0.1) is 0 Å². The number of hydrogen-bond donors (Lipinski definition) is 3. The number of benzene rings is 1. The number of nitrogens with two attached hydrogens (primary N) is 1. The molecule has 15 heavy (non-hydrogen) atoms. The third-order valence-electron chi connectivity index (χ3n) is 2.10. The molecule has 0 aromatic heterocycles. The van der Waals surface area contributed by atoms with Gasteiger partial charge < -0.3 is 20.7 Å². The second-order valence-electron chi connectivity index (χ2n) is 3.14. The lowest BCUT2D eigenvalue weighted by atomic mass is 10.1.